The highest BCUT2D eigenvalue weighted by molar-refractivity contribution is 7.10. The number of thiazole rings is 1. The highest BCUT2D eigenvalue weighted by atomic mass is 35.5. The Morgan fingerprint density at radius 1 is 1.26 bits per heavy atom. The van der Waals surface area contributed by atoms with Gasteiger partial charge in [0, 0.05) is 10.6 Å². The van der Waals surface area contributed by atoms with Crippen LogP contribution >= 0.6 is 34.5 Å². The fourth-order valence-corrected chi connectivity index (χ4v) is 3.01. The van der Waals surface area contributed by atoms with Gasteiger partial charge in [-0.2, -0.15) is 5.10 Å². The minimum Gasteiger partial charge on any atom is -0.248 e. The Hall–Kier alpha value is -1.43. The molecule has 0 saturated carbocycles. The van der Waals surface area contributed by atoms with Gasteiger partial charge in [0.15, 0.2) is 0 Å². The zero-order valence-electron chi connectivity index (χ0n) is 9.62. The molecule has 2 aromatic heterocycles. The van der Waals surface area contributed by atoms with Gasteiger partial charge in [0.2, 0.25) is 0 Å². The van der Waals surface area contributed by atoms with E-state index in [2.05, 4.69) is 15.1 Å². The molecule has 0 unspecified atom stereocenters. The molecule has 2 heterocycles. The van der Waals surface area contributed by atoms with Crippen LogP contribution in [0.25, 0.3) is 11.3 Å². The van der Waals surface area contributed by atoms with E-state index in [9.17, 15) is 0 Å². The minimum absolute atomic E-state index is 0.596. The Labute approximate surface area is 123 Å². The van der Waals surface area contributed by atoms with E-state index in [4.69, 9.17) is 23.2 Å². The van der Waals surface area contributed by atoms with Crippen molar-refractivity contribution in [3.05, 3.63) is 51.3 Å². The maximum Gasteiger partial charge on any atom is 0.137 e. The number of benzene rings is 1. The zero-order valence-corrected chi connectivity index (χ0v) is 12.0. The van der Waals surface area contributed by atoms with Gasteiger partial charge in [-0.15, -0.1) is 11.3 Å². The molecule has 3 aromatic rings. The summed E-state index contributed by atoms with van der Waals surface area (Å²) in [7, 11) is 0. The van der Waals surface area contributed by atoms with Crippen LogP contribution in [0.1, 0.15) is 4.88 Å². The molecule has 3 rings (SSSR count). The van der Waals surface area contributed by atoms with Gasteiger partial charge in [-0.3, -0.25) is 0 Å². The predicted molar refractivity (Wildman–Crippen MR) is 76.7 cm³/mol. The van der Waals surface area contributed by atoms with E-state index in [-0.39, 0.29) is 0 Å². The van der Waals surface area contributed by atoms with Gasteiger partial charge in [0.1, 0.15) is 12.7 Å². The largest absolute Gasteiger partial charge is 0.248 e. The normalized spacial score (nSPS) is 10.8. The van der Waals surface area contributed by atoms with E-state index in [1.165, 1.54) is 6.33 Å². The highest BCUT2D eigenvalue weighted by Crippen LogP contribution is 2.33. The van der Waals surface area contributed by atoms with Crippen molar-refractivity contribution in [3.63, 3.8) is 0 Å². The summed E-state index contributed by atoms with van der Waals surface area (Å²) in [6, 6.07) is 5.41. The summed E-state index contributed by atoms with van der Waals surface area (Å²) in [6.45, 7) is 0.624. The average Bonchev–Trinajstić information content (AvgIpc) is 3.02. The molecule has 19 heavy (non-hydrogen) atoms. The third-order valence-electron chi connectivity index (χ3n) is 2.60. The summed E-state index contributed by atoms with van der Waals surface area (Å²) >= 11 is 13.7. The molecule has 0 saturated heterocycles. The van der Waals surface area contributed by atoms with E-state index in [1.807, 2.05) is 6.07 Å². The van der Waals surface area contributed by atoms with Crippen molar-refractivity contribution in [2.75, 3.05) is 0 Å². The number of hydrogen-bond acceptors (Lipinski definition) is 4. The number of rotatable bonds is 3. The second-order valence-electron chi connectivity index (χ2n) is 3.84. The van der Waals surface area contributed by atoms with E-state index in [0.717, 1.165) is 16.1 Å². The molecule has 0 atom stereocenters. The third-order valence-corrected chi connectivity index (χ3v) is 3.96. The van der Waals surface area contributed by atoms with Crippen molar-refractivity contribution in [2.45, 2.75) is 6.54 Å². The first-order chi connectivity index (χ1) is 9.24. The Morgan fingerprint density at radius 3 is 2.89 bits per heavy atom. The fraction of sp³-hybridized carbons (Fsp3) is 0.0833. The van der Waals surface area contributed by atoms with Gasteiger partial charge in [0.05, 0.1) is 27.6 Å². The van der Waals surface area contributed by atoms with Crippen molar-refractivity contribution in [1.82, 2.24) is 19.7 Å². The molecule has 0 aliphatic heterocycles. The number of nitrogens with zero attached hydrogens (tertiary/aromatic N) is 4. The van der Waals surface area contributed by atoms with Gasteiger partial charge in [-0.25, -0.2) is 14.6 Å². The molecule has 0 radical (unpaired) electrons. The third kappa shape index (κ3) is 2.63. The maximum absolute atomic E-state index is 6.22. The number of halogens is 2. The van der Waals surface area contributed by atoms with Crippen LogP contribution in [0.15, 0.2) is 36.4 Å². The van der Waals surface area contributed by atoms with E-state index in [0.29, 0.717) is 16.6 Å². The lowest BCUT2D eigenvalue weighted by atomic mass is 10.1. The Morgan fingerprint density at radius 2 is 2.16 bits per heavy atom. The molecule has 4 nitrogen and oxygen atoms in total. The van der Waals surface area contributed by atoms with Gasteiger partial charge < -0.3 is 0 Å². The van der Waals surface area contributed by atoms with Crippen LogP contribution in [0.4, 0.5) is 0 Å². The van der Waals surface area contributed by atoms with E-state index < -0.39 is 0 Å². The summed E-state index contributed by atoms with van der Waals surface area (Å²) < 4.78 is 1.75. The first kappa shape index (κ1) is 12.6. The molecule has 1 aromatic carbocycles. The standard InChI is InChI=1S/C12H8Cl2N4S/c13-8-1-2-9(10(14)3-8)12-11(19-7-16-12)4-18-6-15-5-17-18/h1-3,5-7H,4H2. The summed E-state index contributed by atoms with van der Waals surface area (Å²) in [5, 5.41) is 5.30. The lowest BCUT2D eigenvalue weighted by Gasteiger charge is -2.05. The summed E-state index contributed by atoms with van der Waals surface area (Å²) in [4.78, 5) is 9.39. The molecule has 0 spiro atoms. The number of hydrogen-bond donors (Lipinski definition) is 0. The van der Waals surface area contributed by atoms with Gasteiger partial charge in [0.25, 0.3) is 0 Å². The van der Waals surface area contributed by atoms with Gasteiger partial charge in [-0.05, 0) is 18.2 Å². The molecule has 0 fully saturated rings. The first-order valence-electron chi connectivity index (χ1n) is 5.44. The van der Waals surface area contributed by atoms with Crippen LogP contribution in [0.3, 0.4) is 0 Å². The second-order valence-corrected chi connectivity index (χ2v) is 5.62. The molecule has 0 N–H and O–H groups in total. The van der Waals surface area contributed by atoms with Crippen molar-refractivity contribution < 1.29 is 0 Å². The molecule has 0 bridgehead atoms. The summed E-state index contributed by atoms with van der Waals surface area (Å²) in [5.41, 5.74) is 3.54. The van der Waals surface area contributed by atoms with Crippen LogP contribution in [-0.2, 0) is 6.54 Å². The van der Waals surface area contributed by atoms with Crippen LogP contribution in [0.5, 0.6) is 0 Å². The quantitative estimate of drug-likeness (QED) is 0.740. The zero-order chi connectivity index (χ0) is 13.2. The van der Waals surface area contributed by atoms with Crippen LogP contribution in [-0.4, -0.2) is 19.7 Å². The topological polar surface area (TPSA) is 43.6 Å². The molecular weight excluding hydrogens is 303 g/mol. The molecule has 0 aliphatic rings. The van der Waals surface area contributed by atoms with Crippen molar-refractivity contribution in [2.24, 2.45) is 0 Å². The summed E-state index contributed by atoms with van der Waals surface area (Å²) in [6.07, 6.45) is 3.18. The Kier molecular flexibility index (Phi) is 3.50. The van der Waals surface area contributed by atoms with Crippen LogP contribution in [0.2, 0.25) is 10.0 Å². The lowest BCUT2D eigenvalue weighted by Crippen LogP contribution is -1.99. The van der Waals surface area contributed by atoms with Crippen molar-refractivity contribution in [1.29, 1.82) is 0 Å². The molecule has 0 aliphatic carbocycles. The highest BCUT2D eigenvalue weighted by Gasteiger charge is 2.13. The van der Waals surface area contributed by atoms with E-state index >= 15 is 0 Å². The average molecular weight is 311 g/mol. The van der Waals surface area contributed by atoms with Crippen molar-refractivity contribution >= 4 is 34.5 Å². The smallest absolute Gasteiger partial charge is 0.137 e. The van der Waals surface area contributed by atoms with Crippen LogP contribution in [0, 0.1) is 0 Å². The van der Waals surface area contributed by atoms with Gasteiger partial charge in [-0.1, -0.05) is 23.2 Å². The number of aromatic nitrogens is 4. The van der Waals surface area contributed by atoms with Crippen molar-refractivity contribution in [3.8, 4) is 11.3 Å². The maximum atomic E-state index is 6.22. The SMILES string of the molecule is Clc1ccc(-c2ncsc2Cn2cncn2)c(Cl)c1. The molecule has 7 heteroatoms. The lowest BCUT2D eigenvalue weighted by molar-refractivity contribution is 0.692. The monoisotopic (exact) mass is 310 g/mol. The van der Waals surface area contributed by atoms with Gasteiger partial charge >= 0.3 is 0 Å². The molecular formula is C12H8Cl2N4S. The molecule has 0 amide bonds. The Bertz CT molecular complexity index is 694. The minimum atomic E-state index is 0.596. The molecule has 96 valence electrons. The first-order valence-corrected chi connectivity index (χ1v) is 7.08. The van der Waals surface area contributed by atoms with Crippen LogP contribution < -0.4 is 0 Å². The van der Waals surface area contributed by atoms with E-state index in [1.54, 1.807) is 40.0 Å². The Balaban J connectivity index is 1.99. The second kappa shape index (κ2) is 5.28. The predicted octanol–water partition coefficient (Wildman–Crippen LogP) is 3.76. The fourth-order valence-electron chi connectivity index (χ4n) is 1.75. The summed E-state index contributed by atoms with van der Waals surface area (Å²) in [5.74, 6) is 0.